The Hall–Kier alpha value is -4.00. The molecule has 5 N–H and O–H groups in total. The van der Waals surface area contributed by atoms with Crippen LogP contribution >= 0.6 is 30.8 Å². The topological polar surface area (TPSA) is 265 Å². The number of benzene rings is 3. The minimum Gasteiger partial charge on any atom is -0.778 e. The molecular formula is C32H37Cl2N4O12PS2. The highest BCUT2D eigenvalue weighted by Crippen LogP contribution is 2.42. The number of ketones is 1. The van der Waals surface area contributed by atoms with Crippen molar-refractivity contribution in [3.05, 3.63) is 104 Å². The molecule has 21 heteroatoms. The van der Waals surface area contributed by atoms with Gasteiger partial charge >= 0.3 is 5.97 Å². The van der Waals surface area contributed by atoms with E-state index in [0.717, 1.165) is 19.1 Å². The summed E-state index contributed by atoms with van der Waals surface area (Å²) in [6, 6.07) is 15.8. The molecule has 1 heterocycles. The van der Waals surface area contributed by atoms with Gasteiger partial charge in [-0.2, -0.15) is 0 Å². The molecule has 0 amide bonds. The zero-order valence-corrected chi connectivity index (χ0v) is 32.8. The van der Waals surface area contributed by atoms with Gasteiger partial charge in [-0.25, -0.2) is 8.42 Å². The molecule has 16 nitrogen and oxygen atoms in total. The van der Waals surface area contributed by atoms with Gasteiger partial charge in [0.25, 0.3) is 5.69 Å². The second kappa shape index (κ2) is 20.5. The number of nitro benzene ring substituents is 1. The van der Waals surface area contributed by atoms with Crippen LogP contribution in [0.4, 0.5) is 11.4 Å². The largest absolute Gasteiger partial charge is 0.778 e. The molecule has 1 fully saturated rings. The number of rotatable bonds is 11. The summed E-state index contributed by atoms with van der Waals surface area (Å²) in [7, 11) is -7.27. The number of nitrogens with one attached hydrogen (secondary N) is 1. The van der Waals surface area contributed by atoms with Gasteiger partial charge in [0, 0.05) is 28.8 Å². The van der Waals surface area contributed by atoms with E-state index < -0.39 is 46.9 Å². The van der Waals surface area contributed by atoms with E-state index in [1.807, 2.05) is 11.4 Å². The molecule has 53 heavy (non-hydrogen) atoms. The molecule has 1 saturated carbocycles. The number of nitrogens with zero attached hydrogens (tertiary/aromatic N) is 2. The van der Waals surface area contributed by atoms with Crippen LogP contribution in [-0.2, 0) is 30.1 Å². The summed E-state index contributed by atoms with van der Waals surface area (Å²) in [5.74, 6) is 0.0251. The Labute approximate surface area is 318 Å². The number of sulfone groups is 1. The molecule has 1 aliphatic carbocycles. The molecule has 0 aliphatic heterocycles. The van der Waals surface area contributed by atoms with Crippen LogP contribution in [0.25, 0.3) is 0 Å². The molecule has 0 saturated heterocycles. The van der Waals surface area contributed by atoms with Crippen molar-refractivity contribution in [2.24, 2.45) is 0 Å². The first-order valence-corrected chi connectivity index (χ1v) is 21.9. The van der Waals surface area contributed by atoms with Crippen molar-refractivity contribution in [1.82, 2.24) is 10.5 Å². The van der Waals surface area contributed by atoms with Crippen molar-refractivity contribution in [3.63, 3.8) is 0 Å². The van der Waals surface area contributed by atoms with E-state index in [2.05, 4.69) is 23.9 Å². The highest BCUT2D eigenvalue weighted by molar-refractivity contribution is 7.94. The summed E-state index contributed by atoms with van der Waals surface area (Å²) in [5.41, 5.74) is 5.66. The molecule has 3 aromatic carbocycles. The summed E-state index contributed by atoms with van der Waals surface area (Å²) >= 11 is 11.8. The fraction of sp³-hybridized carbons (Fsp3) is 0.281. The quantitative estimate of drug-likeness (QED) is 0.0381. The Morgan fingerprint density at radius 1 is 1.11 bits per heavy atom. The van der Waals surface area contributed by atoms with E-state index in [4.69, 9.17) is 48.2 Å². The van der Waals surface area contributed by atoms with Crippen LogP contribution in [0.2, 0.25) is 10.0 Å². The lowest BCUT2D eigenvalue weighted by molar-refractivity contribution is -0.383. The SMILES string of the molecule is CS(=O)(=O)c1cc(Cl)ccc1C(=O)c1cnoc1C1CC1.C[S+](C)C.Nc1c([N+](=O)[O-])ccc(Oc2ccccc2)c1Cl.O=C(O)CNCP(=O)([O-])O. The Morgan fingerprint density at radius 3 is 2.23 bits per heavy atom. The summed E-state index contributed by atoms with van der Waals surface area (Å²) in [6.07, 6.45) is 10.2. The maximum Gasteiger partial charge on any atom is 0.317 e. The second-order valence-corrected chi connectivity index (χ2v) is 18.3. The van der Waals surface area contributed by atoms with Gasteiger partial charge in [-0.3, -0.25) is 25.0 Å². The smallest absolute Gasteiger partial charge is 0.317 e. The van der Waals surface area contributed by atoms with Gasteiger partial charge in [0.15, 0.2) is 21.4 Å². The number of aliphatic carboxylic acids is 1. The first-order chi connectivity index (χ1) is 24.6. The zero-order chi connectivity index (χ0) is 40.1. The number of para-hydroxylation sites is 1. The number of nitrogen functional groups attached to an aromatic ring is 1. The van der Waals surface area contributed by atoms with Gasteiger partial charge in [-0.05, 0) is 60.1 Å². The lowest BCUT2D eigenvalue weighted by atomic mass is 10.0. The van der Waals surface area contributed by atoms with Crippen LogP contribution in [0.15, 0.2) is 76.3 Å². The Kier molecular flexibility index (Phi) is 17.4. The van der Waals surface area contributed by atoms with Gasteiger partial charge in [0.2, 0.25) is 0 Å². The van der Waals surface area contributed by atoms with Crippen molar-refractivity contribution in [2.75, 3.05) is 43.6 Å². The summed E-state index contributed by atoms with van der Waals surface area (Å²) < 4.78 is 44.3. The average Bonchev–Trinajstić information content (AvgIpc) is 3.78. The predicted molar refractivity (Wildman–Crippen MR) is 201 cm³/mol. The number of halogens is 2. The van der Waals surface area contributed by atoms with E-state index in [1.54, 1.807) is 24.3 Å². The van der Waals surface area contributed by atoms with Crippen LogP contribution in [-0.4, -0.2) is 78.1 Å². The number of aromatic nitrogens is 1. The van der Waals surface area contributed by atoms with Gasteiger partial charge < -0.3 is 34.5 Å². The molecule has 1 aromatic heterocycles. The van der Waals surface area contributed by atoms with Crippen LogP contribution < -0.4 is 20.7 Å². The van der Waals surface area contributed by atoms with E-state index >= 15 is 0 Å². The molecule has 1 atom stereocenters. The molecule has 4 aromatic rings. The number of ether oxygens (including phenoxy) is 1. The fourth-order valence-corrected chi connectivity index (χ4v) is 5.65. The van der Waals surface area contributed by atoms with Gasteiger partial charge in [0.1, 0.15) is 29.8 Å². The molecule has 1 aliphatic rings. The number of anilines is 1. The molecule has 1 unspecified atom stereocenters. The number of nitrogens with two attached hydrogens (primary N) is 1. The van der Waals surface area contributed by atoms with Crippen molar-refractivity contribution < 1.29 is 51.6 Å². The van der Waals surface area contributed by atoms with Crippen LogP contribution in [0.3, 0.4) is 0 Å². The summed E-state index contributed by atoms with van der Waals surface area (Å²) in [5, 5.41) is 24.6. The second-order valence-electron chi connectivity index (χ2n) is 11.4. The molecule has 0 bridgehead atoms. The Bertz CT molecular complexity index is 2040. The van der Waals surface area contributed by atoms with E-state index in [1.165, 1.54) is 36.5 Å². The van der Waals surface area contributed by atoms with Crippen molar-refractivity contribution in [3.8, 4) is 11.5 Å². The highest BCUT2D eigenvalue weighted by Gasteiger charge is 2.33. The third kappa shape index (κ3) is 15.9. The number of carbonyl (C=O) groups excluding carboxylic acids is 1. The van der Waals surface area contributed by atoms with Crippen molar-refractivity contribution in [2.45, 2.75) is 23.7 Å². The van der Waals surface area contributed by atoms with Crippen molar-refractivity contribution in [1.29, 1.82) is 0 Å². The van der Waals surface area contributed by atoms with E-state index in [9.17, 15) is 37.6 Å². The fourth-order valence-electron chi connectivity index (χ4n) is 3.92. The monoisotopic (exact) mass is 834 g/mol. The molecule has 0 spiro atoms. The number of hydrogen-bond donors (Lipinski definition) is 4. The standard InChI is InChI=1S/C14H12ClNO4S.C12H9ClN2O3.C3H8NO5P.C3H9S/c1-21(18,19)12-6-9(15)4-5-10(12)13(17)11-7-16-20-14(11)8-2-3-8;13-11-10(18-8-4-2-1-3-5-8)7-6-9(12(11)14)15(16)17;5-3(6)1-4-2-10(7,8)9;1-4(2)3/h4-8H,2-3H2,1H3;1-7H,14H2;4H,1-2H2,(H,5,6)(H2,7,8,9);1-3H3/q;;;+1/p-1. The van der Waals surface area contributed by atoms with Crippen molar-refractivity contribution >= 4 is 74.7 Å². The Balaban J connectivity index is 0.000000276. The van der Waals surface area contributed by atoms with Gasteiger partial charge in [0.05, 0.1) is 53.2 Å². The lowest BCUT2D eigenvalue weighted by Gasteiger charge is -2.14. The third-order valence-corrected chi connectivity index (χ3v) is 8.64. The van der Waals surface area contributed by atoms with Crippen LogP contribution in [0.1, 0.15) is 40.4 Å². The first kappa shape index (κ1) is 45.2. The van der Waals surface area contributed by atoms with Gasteiger partial charge in [-0.15, -0.1) is 0 Å². The number of nitro groups is 1. The average molecular weight is 836 g/mol. The summed E-state index contributed by atoms with van der Waals surface area (Å²) in [6.45, 7) is -0.479. The summed E-state index contributed by atoms with van der Waals surface area (Å²) in [4.78, 5) is 50.4. The molecular weight excluding hydrogens is 798 g/mol. The predicted octanol–water partition coefficient (Wildman–Crippen LogP) is 5.12. The maximum absolute atomic E-state index is 12.6. The minimum absolute atomic E-state index is 0.0352. The third-order valence-electron chi connectivity index (χ3n) is 6.26. The first-order valence-electron chi connectivity index (χ1n) is 15.0. The molecule has 288 valence electrons. The number of carbonyl (C=O) groups is 2. The van der Waals surface area contributed by atoms with E-state index in [-0.39, 0.29) is 43.5 Å². The van der Waals surface area contributed by atoms with Gasteiger partial charge in [-0.1, -0.05) is 46.6 Å². The number of carboxylic acids is 1. The molecule has 5 rings (SSSR count). The van der Waals surface area contributed by atoms with E-state index in [0.29, 0.717) is 28.0 Å². The minimum atomic E-state index is -4.35. The highest BCUT2D eigenvalue weighted by atomic mass is 35.5. The maximum atomic E-state index is 12.6. The van der Waals surface area contributed by atoms with Crippen LogP contribution in [0, 0.1) is 10.1 Å². The Morgan fingerprint density at radius 2 is 1.72 bits per heavy atom. The lowest BCUT2D eigenvalue weighted by Crippen LogP contribution is -2.25. The zero-order valence-electron chi connectivity index (χ0n) is 28.7. The number of hydrogen-bond acceptors (Lipinski definition) is 13. The normalized spacial score (nSPS) is 13.2. The molecule has 0 radical (unpaired) electrons. The van der Waals surface area contributed by atoms with Crippen LogP contribution in [0.5, 0.6) is 11.5 Å². The number of carboxylic acid groups (broad SMARTS) is 1.